The largest absolute Gasteiger partial charge is 0.397 e. The van der Waals surface area contributed by atoms with Crippen LogP contribution in [0.15, 0.2) is 16.7 Å². The zero-order valence-electron chi connectivity index (χ0n) is 10.7. The third-order valence-corrected chi connectivity index (χ3v) is 3.67. The van der Waals surface area contributed by atoms with Gasteiger partial charge in [0.2, 0.25) is 0 Å². The lowest BCUT2D eigenvalue weighted by Crippen LogP contribution is -2.38. The molecule has 0 radical (unpaired) electrons. The fourth-order valence-electron chi connectivity index (χ4n) is 2.40. The zero-order chi connectivity index (χ0) is 13.3. The number of aliphatic hydroxyl groups excluding tert-OH is 1. The van der Waals surface area contributed by atoms with E-state index >= 15 is 0 Å². The van der Waals surface area contributed by atoms with E-state index < -0.39 is 0 Å². The number of β-amino-alcohol motifs (C(OH)–C–C–N with tert-alkyl or cyclic N) is 1. The third-order valence-electron chi connectivity index (χ3n) is 3.08. The predicted octanol–water partition coefficient (Wildman–Crippen LogP) is 0.928. The Morgan fingerprint density at radius 1 is 1.61 bits per heavy atom. The Balaban J connectivity index is 2.24. The van der Waals surface area contributed by atoms with E-state index in [-0.39, 0.29) is 12.1 Å². The first-order valence-electron chi connectivity index (χ1n) is 5.98. The standard InChI is InChI=1S/C12H19BrN4O/c1-16(2)6-9-4-10(18)7-17(9)12-11(13)3-8(14)5-15-12/h3,5,9-10,18H,4,6-7,14H2,1-2H3. The molecule has 0 aliphatic carbocycles. The first kappa shape index (κ1) is 13.6. The molecule has 2 atom stereocenters. The molecule has 2 heterocycles. The molecule has 18 heavy (non-hydrogen) atoms. The monoisotopic (exact) mass is 314 g/mol. The number of likely N-dealkylation sites (N-methyl/N-ethyl adjacent to an activating group) is 1. The van der Waals surface area contributed by atoms with Crippen LogP contribution < -0.4 is 10.6 Å². The molecule has 0 spiro atoms. The molecule has 1 aromatic rings. The molecule has 2 rings (SSSR count). The summed E-state index contributed by atoms with van der Waals surface area (Å²) < 4.78 is 0.875. The van der Waals surface area contributed by atoms with Gasteiger partial charge in [-0.3, -0.25) is 0 Å². The Labute approximate surface area is 116 Å². The van der Waals surface area contributed by atoms with Crippen LogP contribution in [0.2, 0.25) is 0 Å². The third kappa shape index (κ3) is 2.93. The maximum Gasteiger partial charge on any atom is 0.143 e. The summed E-state index contributed by atoms with van der Waals surface area (Å²) in [6.07, 6.45) is 2.13. The molecule has 5 nitrogen and oxygen atoms in total. The number of nitrogens with two attached hydrogens (primary N) is 1. The molecule has 6 heteroatoms. The van der Waals surface area contributed by atoms with Crippen molar-refractivity contribution in [2.24, 2.45) is 0 Å². The summed E-state index contributed by atoms with van der Waals surface area (Å²) in [7, 11) is 4.07. The van der Waals surface area contributed by atoms with Gasteiger partial charge in [-0.15, -0.1) is 0 Å². The van der Waals surface area contributed by atoms with Gasteiger partial charge in [0.15, 0.2) is 0 Å². The van der Waals surface area contributed by atoms with E-state index in [9.17, 15) is 5.11 Å². The zero-order valence-corrected chi connectivity index (χ0v) is 12.3. The van der Waals surface area contributed by atoms with Crippen LogP contribution in [-0.4, -0.2) is 54.3 Å². The Kier molecular flexibility index (Phi) is 4.09. The van der Waals surface area contributed by atoms with E-state index in [4.69, 9.17) is 5.73 Å². The van der Waals surface area contributed by atoms with E-state index in [2.05, 4.69) is 30.7 Å². The number of anilines is 2. The number of hydrogen-bond acceptors (Lipinski definition) is 5. The molecule has 1 saturated heterocycles. The maximum absolute atomic E-state index is 9.86. The summed E-state index contributed by atoms with van der Waals surface area (Å²) in [4.78, 5) is 8.65. The summed E-state index contributed by atoms with van der Waals surface area (Å²) in [5.74, 6) is 0.854. The van der Waals surface area contributed by atoms with Gasteiger partial charge in [-0.25, -0.2) is 4.98 Å². The average Bonchev–Trinajstić information content (AvgIpc) is 2.58. The normalized spacial score (nSPS) is 23.9. The number of nitrogen functional groups attached to an aromatic ring is 1. The number of halogens is 1. The Morgan fingerprint density at radius 2 is 2.33 bits per heavy atom. The molecule has 1 aliphatic heterocycles. The number of hydrogen-bond donors (Lipinski definition) is 2. The van der Waals surface area contributed by atoms with Gasteiger partial charge in [0, 0.05) is 19.1 Å². The molecule has 0 saturated carbocycles. The second-order valence-corrected chi connectivity index (χ2v) is 5.89. The molecule has 1 aromatic heterocycles. The Morgan fingerprint density at radius 3 is 2.94 bits per heavy atom. The van der Waals surface area contributed by atoms with Crippen LogP contribution in [0.4, 0.5) is 11.5 Å². The van der Waals surface area contributed by atoms with E-state index in [1.807, 2.05) is 20.2 Å². The summed E-state index contributed by atoms with van der Waals surface area (Å²) in [6, 6.07) is 2.13. The molecule has 0 bridgehead atoms. The van der Waals surface area contributed by atoms with Crippen LogP contribution in [0, 0.1) is 0 Å². The van der Waals surface area contributed by atoms with Gasteiger partial charge in [0.05, 0.1) is 22.5 Å². The van der Waals surface area contributed by atoms with Crippen LogP contribution in [0.5, 0.6) is 0 Å². The van der Waals surface area contributed by atoms with E-state index in [0.29, 0.717) is 12.2 Å². The van der Waals surface area contributed by atoms with Crippen molar-refractivity contribution < 1.29 is 5.11 Å². The van der Waals surface area contributed by atoms with Gasteiger partial charge < -0.3 is 20.6 Å². The number of aliphatic hydroxyl groups is 1. The quantitative estimate of drug-likeness (QED) is 0.869. The molecule has 1 aliphatic rings. The number of rotatable bonds is 3. The highest BCUT2D eigenvalue weighted by atomic mass is 79.9. The molecular weight excluding hydrogens is 296 g/mol. The summed E-state index contributed by atoms with van der Waals surface area (Å²) in [5, 5.41) is 9.86. The first-order valence-corrected chi connectivity index (χ1v) is 6.77. The van der Waals surface area contributed by atoms with Gasteiger partial charge in [-0.1, -0.05) is 0 Å². The van der Waals surface area contributed by atoms with Crippen molar-refractivity contribution in [2.75, 3.05) is 37.8 Å². The van der Waals surface area contributed by atoms with Gasteiger partial charge in [-0.2, -0.15) is 0 Å². The highest BCUT2D eigenvalue weighted by Crippen LogP contribution is 2.31. The van der Waals surface area contributed by atoms with Crippen molar-refractivity contribution in [3.63, 3.8) is 0 Å². The van der Waals surface area contributed by atoms with E-state index in [1.165, 1.54) is 0 Å². The molecular formula is C12H19BrN4O. The molecule has 2 unspecified atom stereocenters. The molecule has 1 fully saturated rings. The maximum atomic E-state index is 9.86. The minimum Gasteiger partial charge on any atom is -0.397 e. The molecule has 100 valence electrons. The highest BCUT2D eigenvalue weighted by molar-refractivity contribution is 9.10. The Hall–Kier alpha value is -0.850. The Bertz CT molecular complexity index is 427. The van der Waals surface area contributed by atoms with Crippen molar-refractivity contribution >= 4 is 27.4 Å². The SMILES string of the molecule is CN(C)CC1CC(O)CN1c1ncc(N)cc1Br. The van der Waals surface area contributed by atoms with Crippen LogP contribution in [0.3, 0.4) is 0 Å². The van der Waals surface area contributed by atoms with Crippen molar-refractivity contribution in [1.82, 2.24) is 9.88 Å². The fourth-order valence-corrected chi connectivity index (χ4v) is 3.00. The first-order chi connectivity index (χ1) is 8.47. The minimum atomic E-state index is -0.291. The minimum absolute atomic E-state index is 0.280. The second kappa shape index (κ2) is 5.42. The van der Waals surface area contributed by atoms with Gasteiger partial charge in [0.1, 0.15) is 5.82 Å². The lowest BCUT2D eigenvalue weighted by molar-refractivity contribution is 0.191. The van der Waals surface area contributed by atoms with E-state index in [1.54, 1.807) is 6.20 Å². The van der Waals surface area contributed by atoms with Gasteiger partial charge in [-0.05, 0) is 42.5 Å². The topological polar surface area (TPSA) is 65.6 Å². The van der Waals surface area contributed by atoms with Gasteiger partial charge in [0.25, 0.3) is 0 Å². The predicted molar refractivity (Wildman–Crippen MR) is 76.7 cm³/mol. The van der Waals surface area contributed by atoms with Crippen LogP contribution >= 0.6 is 15.9 Å². The van der Waals surface area contributed by atoms with Crippen LogP contribution in [0.1, 0.15) is 6.42 Å². The van der Waals surface area contributed by atoms with E-state index in [0.717, 1.165) is 23.3 Å². The average molecular weight is 315 g/mol. The summed E-state index contributed by atoms with van der Waals surface area (Å²) in [6.45, 7) is 1.52. The number of pyridine rings is 1. The number of aromatic nitrogens is 1. The van der Waals surface area contributed by atoms with Crippen LogP contribution in [0.25, 0.3) is 0 Å². The van der Waals surface area contributed by atoms with Gasteiger partial charge >= 0.3 is 0 Å². The lowest BCUT2D eigenvalue weighted by atomic mass is 10.2. The lowest BCUT2D eigenvalue weighted by Gasteiger charge is -2.28. The fraction of sp³-hybridized carbons (Fsp3) is 0.583. The van der Waals surface area contributed by atoms with Crippen molar-refractivity contribution in [3.05, 3.63) is 16.7 Å². The molecule has 3 N–H and O–H groups in total. The molecule has 0 amide bonds. The molecule has 0 aromatic carbocycles. The highest BCUT2D eigenvalue weighted by Gasteiger charge is 2.33. The summed E-state index contributed by atoms with van der Waals surface area (Å²) in [5.41, 5.74) is 6.33. The van der Waals surface area contributed by atoms with Crippen molar-refractivity contribution in [2.45, 2.75) is 18.6 Å². The summed E-state index contributed by atoms with van der Waals surface area (Å²) >= 11 is 3.49. The van der Waals surface area contributed by atoms with Crippen LogP contribution in [-0.2, 0) is 0 Å². The smallest absolute Gasteiger partial charge is 0.143 e. The second-order valence-electron chi connectivity index (χ2n) is 5.03. The van der Waals surface area contributed by atoms with Crippen molar-refractivity contribution in [3.8, 4) is 0 Å². The van der Waals surface area contributed by atoms with Crippen molar-refractivity contribution in [1.29, 1.82) is 0 Å². The number of nitrogens with zero attached hydrogens (tertiary/aromatic N) is 3.